The summed E-state index contributed by atoms with van der Waals surface area (Å²) in [6.45, 7) is 28.2. The molecule has 1 aliphatic rings. The fourth-order valence-corrected chi connectivity index (χ4v) is 8.25. The topological polar surface area (TPSA) is 29.3 Å². The molecular weight excluding hydrogens is 727 g/mol. The SMILES string of the molecule is C=C(C)N=C(C)c1ccccc1.C=C/C(=C\C=C/C)C(=C)C.Cc1ccccc1-c1cc(-n2c3ccccc3c3ccc4c(c32)C(C)(C)C(c2ccccc2)N4)ccc1C. The van der Waals surface area contributed by atoms with Crippen molar-refractivity contribution in [3.8, 4) is 16.8 Å². The summed E-state index contributed by atoms with van der Waals surface area (Å²) in [5.74, 6) is 0. The van der Waals surface area contributed by atoms with Crippen LogP contribution in [0.15, 0.2) is 205 Å². The Morgan fingerprint density at radius 3 is 2.00 bits per heavy atom. The monoisotopic (exact) mass is 785 g/mol. The second-order valence-electron chi connectivity index (χ2n) is 16.2. The van der Waals surface area contributed by atoms with E-state index in [9.17, 15) is 0 Å². The van der Waals surface area contributed by atoms with Crippen molar-refractivity contribution in [3.05, 3.63) is 228 Å². The van der Waals surface area contributed by atoms with Gasteiger partial charge in [0, 0.05) is 44.5 Å². The zero-order chi connectivity index (χ0) is 43.0. The van der Waals surface area contributed by atoms with Gasteiger partial charge in [-0.15, -0.1) is 0 Å². The van der Waals surface area contributed by atoms with E-state index in [1.807, 2.05) is 82.3 Å². The molecule has 3 heteroatoms. The van der Waals surface area contributed by atoms with E-state index in [1.165, 1.54) is 66.6 Å². The molecule has 0 bridgehead atoms. The first-order valence-corrected chi connectivity index (χ1v) is 20.8. The van der Waals surface area contributed by atoms with Crippen LogP contribution < -0.4 is 5.32 Å². The fourth-order valence-electron chi connectivity index (χ4n) is 8.25. The number of nitrogens with zero attached hydrogens (tertiary/aromatic N) is 2. The molecular formula is C57H59N3. The summed E-state index contributed by atoms with van der Waals surface area (Å²) in [4.78, 5) is 4.27. The molecule has 7 aromatic rings. The van der Waals surface area contributed by atoms with Crippen LogP contribution in [0.2, 0.25) is 0 Å². The number of fused-ring (bicyclic) bond motifs is 5. The third kappa shape index (κ3) is 9.12. The summed E-state index contributed by atoms with van der Waals surface area (Å²) >= 11 is 0. The number of aliphatic imine (C=N–C) groups is 1. The van der Waals surface area contributed by atoms with E-state index in [1.54, 1.807) is 0 Å². The first-order chi connectivity index (χ1) is 28.9. The minimum Gasteiger partial charge on any atom is -0.377 e. The third-order valence-corrected chi connectivity index (χ3v) is 11.3. The van der Waals surface area contributed by atoms with Crippen molar-refractivity contribution in [2.24, 2.45) is 4.99 Å². The number of rotatable bonds is 8. The van der Waals surface area contributed by atoms with Gasteiger partial charge in [-0.1, -0.05) is 179 Å². The van der Waals surface area contributed by atoms with Crippen LogP contribution in [0.1, 0.15) is 75.4 Å². The molecule has 1 unspecified atom stereocenters. The summed E-state index contributed by atoms with van der Waals surface area (Å²) in [5, 5.41) is 6.50. The Labute approximate surface area is 358 Å². The maximum Gasteiger partial charge on any atom is 0.0606 e. The molecule has 0 spiro atoms. The molecule has 0 saturated heterocycles. The first kappa shape index (κ1) is 42.9. The highest BCUT2D eigenvalue weighted by molar-refractivity contribution is 6.12. The predicted octanol–water partition coefficient (Wildman–Crippen LogP) is 15.8. The lowest BCUT2D eigenvalue weighted by Crippen LogP contribution is -2.25. The molecule has 1 aliphatic heterocycles. The highest BCUT2D eigenvalue weighted by atomic mass is 15.0. The van der Waals surface area contributed by atoms with Crippen LogP contribution in [0.4, 0.5) is 5.69 Å². The molecule has 2 heterocycles. The van der Waals surface area contributed by atoms with Gasteiger partial charge in [-0.2, -0.15) is 0 Å². The molecule has 8 rings (SSSR count). The number of para-hydroxylation sites is 1. The van der Waals surface area contributed by atoms with Gasteiger partial charge in [-0.3, -0.25) is 4.99 Å². The second kappa shape index (κ2) is 18.9. The Morgan fingerprint density at radius 2 is 1.35 bits per heavy atom. The third-order valence-electron chi connectivity index (χ3n) is 11.3. The molecule has 60 heavy (non-hydrogen) atoms. The number of benzene rings is 6. The molecule has 1 aromatic heterocycles. The van der Waals surface area contributed by atoms with E-state index >= 15 is 0 Å². The Balaban J connectivity index is 0.000000226. The van der Waals surface area contributed by atoms with E-state index < -0.39 is 0 Å². The highest BCUT2D eigenvalue weighted by Gasteiger charge is 2.42. The molecule has 0 saturated carbocycles. The van der Waals surface area contributed by atoms with Gasteiger partial charge in [0.2, 0.25) is 0 Å². The van der Waals surface area contributed by atoms with E-state index in [0.717, 1.165) is 28.1 Å². The summed E-state index contributed by atoms with van der Waals surface area (Å²) in [6.07, 6.45) is 7.76. The molecule has 3 nitrogen and oxygen atoms in total. The maximum atomic E-state index is 4.27. The number of anilines is 1. The lowest BCUT2D eigenvalue weighted by atomic mass is 9.77. The van der Waals surface area contributed by atoms with Gasteiger partial charge >= 0.3 is 0 Å². The smallest absolute Gasteiger partial charge is 0.0606 e. The Hall–Kier alpha value is -6.71. The molecule has 6 aromatic carbocycles. The molecule has 0 aliphatic carbocycles. The van der Waals surface area contributed by atoms with E-state index in [0.29, 0.717) is 0 Å². The largest absolute Gasteiger partial charge is 0.377 e. The standard InChI is InChI=1S/C36H32N2.C11H13N.C10H14/c1-23-12-8-9-15-27(23)30-22-26(19-18-24(30)2)38-32-17-11-10-16-28(32)29-20-21-31-33(34(29)38)36(3,4)35(37-31)25-13-6-5-7-14-25;1-9(2)12-10(3)11-7-5-4-6-8-11;1-5-7-8-10(6-2)9(3)4/h5-22,35,37H,1-4H3;4-8H,1H2,2-3H3;5-8H,2-3H2,1,4H3/b;;7-5-,10-8+. The predicted molar refractivity (Wildman–Crippen MR) is 263 cm³/mol. The average Bonchev–Trinajstić information content (AvgIpc) is 3.73. The van der Waals surface area contributed by atoms with Crippen LogP contribution in [0.3, 0.4) is 0 Å². The fraction of sp³-hybridized carbons (Fsp3) is 0.175. The van der Waals surface area contributed by atoms with Gasteiger partial charge < -0.3 is 9.88 Å². The number of hydrogen-bond acceptors (Lipinski definition) is 2. The van der Waals surface area contributed by atoms with Crippen LogP contribution in [0, 0.1) is 13.8 Å². The van der Waals surface area contributed by atoms with Gasteiger partial charge in [-0.25, -0.2) is 0 Å². The Bertz CT molecular complexity index is 2750. The minimum absolute atomic E-state index is 0.105. The Kier molecular flexibility index (Phi) is 13.5. The van der Waals surface area contributed by atoms with Gasteiger partial charge in [0.1, 0.15) is 0 Å². The lowest BCUT2D eigenvalue weighted by molar-refractivity contribution is 0.476. The number of hydrogen-bond donors (Lipinski definition) is 1. The second-order valence-corrected chi connectivity index (χ2v) is 16.2. The summed E-state index contributed by atoms with van der Waals surface area (Å²) in [7, 11) is 0. The molecule has 1 atom stereocenters. The molecule has 0 fully saturated rings. The molecule has 1 N–H and O–H groups in total. The van der Waals surface area contributed by atoms with Crippen LogP contribution in [-0.4, -0.2) is 10.3 Å². The van der Waals surface area contributed by atoms with Crippen molar-refractivity contribution >= 4 is 33.2 Å². The van der Waals surface area contributed by atoms with Gasteiger partial charge in [0.25, 0.3) is 0 Å². The summed E-state index contributed by atoms with van der Waals surface area (Å²) < 4.78 is 2.50. The van der Waals surface area contributed by atoms with E-state index in [4.69, 9.17) is 0 Å². The Morgan fingerprint density at radius 1 is 0.717 bits per heavy atom. The summed E-state index contributed by atoms with van der Waals surface area (Å²) in [6, 6.07) is 50.2. The normalized spacial score (nSPS) is 14.4. The van der Waals surface area contributed by atoms with Gasteiger partial charge in [-0.05, 0) is 105 Å². The minimum atomic E-state index is -0.105. The van der Waals surface area contributed by atoms with E-state index in [2.05, 4.69) is 172 Å². The van der Waals surface area contributed by atoms with Crippen LogP contribution in [-0.2, 0) is 5.41 Å². The van der Waals surface area contributed by atoms with Gasteiger partial charge in [0.15, 0.2) is 0 Å². The zero-order valence-electron chi connectivity index (χ0n) is 36.7. The number of aromatic nitrogens is 1. The number of nitrogens with one attached hydrogen (secondary N) is 1. The summed E-state index contributed by atoms with van der Waals surface area (Å²) in [5.41, 5.74) is 17.9. The molecule has 0 radical (unpaired) electrons. The number of aryl methyl sites for hydroxylation is 2. The maximum absolute atomic E-state index is 4.27. The van der Waals surface area contributed by atoms with Gasteiger partial charge in [0.05, 0.1) is 17.1 Å². The highest BCUT2D eigenvalue weighted by Crippen LogP contribution is 2.53. The van der Waals surface area contributed by atoms with E-state index in [-0.39, 0.29) is 11.5 Å². The number of allylic oxidation sites excluding steroid dienone is 7. The van der Waals surface area contributed by atoms with Crippen molar-refractivity contribution < 1.29 is 0 Å². The van der Waals surface area contributed by atoms with Crippen molar-refractivity contribution in [1.29, 1.82) is 0 Å². The van der Waals surface area contributed by atoms with Crippen LogP contribution in [0.5, 0.6) is 0 Å². The van der Waals surface area contributed by atoms with Crippen molar-refractivity contribution in [2.45, 2.75) is 66.8 Å². The zero-order valence-corrected chi connectivity index (χ0v) is 36.7. The average molecular weight is 786 g/mol. The van der Waals surface area contributed by atoms with Crippen molar-refractivity contribution in [3.63, 3.8) is 0 Å². The first-order valence-electron chi connectivity index (χ1n) is 20.8. The van der Waals surface area contributed by atoms with Crippen molar-refractivity contribution in [2.75, 3.05) is 5.32 Å². The van der Waals surface area contributed by atoms with Crippen molar-refractivity contribution in [1.82, 2.24) is 4.57 Å². The van der Waals surface area contributed by atoms with Crippen LogP contribution in [0.25, 0.3) is 38.6 Å². The lowest BCUT2D eigenvalue weighted by Gasteiger charge is -2.29. The van der Waals surface area contributed by atoms with Crippen LogP contribution >= 0.6 is 0 Å². The quantitative estimate of drug-likeness (QED) is 0.121. The molecule has 0 amide bonds. The molecule has 302 valence electrons.